The van der Waals surface area contributed by atoms with Gasteiger partial charge in [-0.1, -0.05) is 17.8 Å². The number of thioether (sulfide) groups is 1. The number of anilines is 1. The van der Waals surface area contributed by atoms with E-state index < -0.39 is 5.92 Å². The molecule has 0 bridgehead atoms. The van der Waals surface area contributed by atoms with Crippen LogP contribution in [0.3, 0.4) is 0 Å². The molecule has 1 amide bonds. The maximum absolute atomic E-state index is 12.7. The molecule has 2 N–H and O–H groups in total. The van der Waals surface area contributed by atoms with Gasteiger partial charge in [0.15, 0.2) is 16.7 Å². The second-order valence-electron chi connectivity index (χ2n) is 5.57. The zero-order chi connectivity index (χ0) is 18.8. The van der Waals surface area contributed by atoms with E-state index in [0.29, 0.717) is 33.5 Å². The van der Waals surface area contributed by atoms with E-state index in [2.05, 4.69) is 15.3 Å². The average Bonchev–Trinajstić information content (AvgIpc) is 2.65. The lowest BCUT2D eigenvalue weighted by molar-refractivity contribution is -0.116. The SMILES string of the molecule is COc1ccc(C2CC(=O)Nc3nc(SC)[nH]c(=O)c32)c(OC)c1OC. The van der Waals surface area contributed by atoms with E-state index in [1.807, 2.05) is 0 Å². The lowest BCUT2D eigenvalue weighted by Gasteiger charge is -2.26. The van der Waals surface area contributed by atoms with Crippen LogP contribution in [0.15, 0.2) is 22.1 Å². The summed E-state index contributed by atoms with van der Waals surface area (Å²) in [6.45, 7) is 0. The number of hydrogen-bond acceptors (Lipinski definition) is 7. The van der Waals surface area contributed by atoms with Crippen LogP contribution >= 0.6 is 11.8 Å². The van der Waals surface area contributed by atoms with Crippen molar-refractivity contribution in [3.8, 4) is 17.2 Å². The van der Waals surface area contributed by atoms with Crippen molar-refractivity contribution in [1.82, 2.24) is 9.97 Å². The Morgan fingerprint density at radius 2 is 1.85 bits per heavy atom. The number of rotatable bonds is 5. The van der Waals surface area contributed by atoms with Crippen molar-refractivity contribution in [1.29, 1.82) is 0 Å². The van der Waals surface area contributed by atoms with Gasteiger partial charge < -0.3 is 24.5 Å². The Morgan fingerprint density at radius 3 is 2.46 bits per heavy atom. The van der Waals surface area contributed by atoms with Gasteiger partial charge in [-0.2, -0.15) is 0 Å². The number of H-pyrrole nitrogens is 1. The van der Waals surface area contributed by atoms with Gasteiger partial charge in [-0.15, -0.1) is 0 Å². The number of ether oxygens (including phenoxy) is 3. The van der Waals surface area contributed by atoms with Crippen LogP contribution in [0.4, 0.5) is 5.82 Å². The van der Waals surface area contributed by atoms with Gasteiger partial charge in [-0.05, 0) is 12.3 Å². The molecule has 1 unspecified atom stereocenters. The minimum absolute atomic E-state index is 0.0994. The number of aromatic nitrogens is 2. The van der Waals surface area contributed by atoms with E-state index in [-0.39, 0.29) is 23.7 Å². The van der Waals surface area contributed by atoms with Gasteiger partial charge in [-0.25, -0.2) is 4.98 Å². The van der Waals surface area contributed by atoms with Crippen molar-refractivity contribution in [2.75, 3.05) is 32.9 Å². The van der Waals surface area contributed by atoms with E-state index in [1.54, 1.807) is 18.4 Å². The van der Waals surface area contributed by atoms with E-state index in [1.165, 1.54) is 33.1 Å². The molecule has 26 heavy (non-hydrogen) atoms. The minimum atomic E-state index is -0.513. The third-order valence-electron chi connectivity index (χ3n) is 4.23. The third-order valence-corrected chi connectivity index (χ3v) is 4.81. The topological polar surface area (TPSA) is 103 Å². The normalized spacial score (nSPS) is 15.8. The molecule has 2 aromatic rings. The van der Waals surface area contributed by atoms with E-state index in [9.17, 15) is 9.59 Å². The van der Waals surface area contributed by atoms with Crippen molar-refractivity contribution in [3.63, 3.8) is 0 Å². The summed E-state index contributed by atoms with van der Waals surface area (Å²) >= 11 is 1.29. The van der Waals surface area contributed by atoms with Crippen LogP contribution in [-0.2, 0) is 4.79 Å². The van der Waals surface area contributed by atoms with Crippen LogP contribution in [0.5, 0.6) is 17.2 Å². The molecule has 0 aliphatic carbocycles. The van der Waals surface area contributed by atoms with Crippen LogP contribution in [0, 0.1) is 0 Å². The number of fused-ring (bicyclic) bond motifs is 1. The molecule has 9 heteroatoms. The molecule has 1 atom stereocenters. The fourth-order valence-corrected chi connectivity index (χ4v) is 3.49. The number of nitrogens with one attached hydrogen (secondary N) is 2. The Labute approximate surface area is 154 Å². The summed E-state index contributed by atoms with van der Waals surface area (Å²) in [4.78, 5) is 32.0. The first kappa shape index (κ1) is 18.1. The zero-order valence-corrected chi connectivity index (χ0v) is 15.7. The molecule has 2 heterocycles. The zero-order valence-electron chi connectivity index (χ0n) is 14.8. The Kier molecular flexibility index (Phi) is 5.08. The van der Waals surface area contributed by atoms with Crippen molar-refractivity contribution < 1.29 is 19.0 Å². The Bertz CT molecular complexity index is 912. The largest absolute Gasteiger partial charge is 0.493 e. The number of aromatic amines is 1. The molecular weight excluding hydrogens is 358 g/mol. The lowest BCUT2D eigenvalue weighted by Crippen LogP contribution is -2.31. The number of carbonyl (C=O) groups excluding carboxylic acids is 1. The first-order valence-corrected chi connectivity index (χ1v) is 9.03. The quantitative estimate of drug-likeness (QED) is 0.607. The Balaban J connectivity index is 2.23. The average molecular weight is 377 g/mol. The predicted octanol–water partition coefficient (Wildman–Crippen LogP) is 1.99. The second kappa shape index (κ2) is 7.28. The molecule has 1 aliphatic rings. The molecule has 1 aliphatic heterocycles. The van der Waals surface area contributed by atoms with Gasteiger partial charge in [0.1, 0.15) is 5.82 Å². The van der Waals surface area contributed by atoms with E-state index >= 15 is 0 Å². The summed E-state index contributed by atoms with van der Waals surface area (Å²) in [6.07, 6.45) is 1.90. The van der Waals surface area contributed by atoms with Crippen LogP contribution in [-0.4, -0.2) is 43.5 Å². The summed E-state index contributed by atoms with van der Waals surface area (Å²) in [5.74, 6) is 0.871. The van der Waals surface area contributed by atoms with Crippen LogP contribution in [0.2, 0.25) is 0 Å². The maximum atomic E-state index is 12.7. The highest BCUT2D eigenvalue weighted by Crippen LogP contribution is 2.46. The first-order valence-electron chi connectivity index (χ1n) is 7.80. The van der Waals surface area contributed by atoms with Gasteiger partial charge in [0.05, 0.1) is 26.9 Å². The first-order chi connectivity index (χ1) is 12.5. The summed E-state index contributed by atoms with van der Waals surface area (Å²) in [7, 11) is 4.54. The van der Waals surface area contributed by atoms with E-state index in [0.717, 1.165) is 0 Å². The second-order valence-corrected chi connectivity index (χ2v) is 6.36. The van der Waals surface area contributed by atoms with Gasteiger partial charge in [0.25, 0.3) is 5.56 Å². The summed E-state index contributed by atoms with van der Waals surface area (Å²) < 4.78 is 16.2. The van der Waals surface area contributed by atoms with Gasteiger partial charge in [0.2, 0.25) is 11.7 Å². The van der Waals surface area contributed by atoms with Crippen molar-refractivity contribution in [2.24, 2.45) is 0 Å². The summed E-state index contributed by atoms with van der Waals surface area (Å²) in [5, 5.41) is 3.12. The molecule has 1 aromatic heterocycles. The van der Waals surface area contributed by atoms with Crippen molar-refractivity contribution in [2.45, 2.75) is 17.5 Å². The highest BCUT2D eigenvalue weighted by Gasteiger charge is 2.34. The van der Waals surface area contributed by atoms with Crippen LogP contribution in [0.25, 0.3) is 0 Å². The number of methoxy groups -OCH3 is 3. The fraction of sp³-hybridized carbons (Fsp3) is 0.353. The van der Waals surface area contributed by atoms with Crippen LogP contribution < -0.4 is 25.1 Å². The Morgan fingerprint density at radius 1 is 1.12 bits per heavy atom. The molecule has 0 radical (unpaired) electrons. The lowest BCUT2D eigenvalue weighted by atomic mass is 9.86. The number of hydrogen-bond donors (Lipinski definition) is 2. The number of benzene rings is 1. The minimum Gasteiger partial charge on any atom is -0.493 e. The van der Waals surface area contributed by atoms with Crippen molar-refractivity contribution in [3.05, 3.63) is 33.6 Å². The van der Waals surface area contributed by atoms with E-state index in [4.69, 9.17) is 14.2 Å². The number of amides is 1. The molecule has 3 rings (SSSR count). The third kappa shape index (κ3) is 2.98. The molecule has 1 aromatic carbocycles. The van der Waals surface area contributed by atoms with Gasteiger partial charge in [-0.3, -0.25) is 9.59 Å². The van der Waals surface area contributed by atoms with Crippen molar-refractivity contribution >= 4 is 23.5 Å². The summed E-state index contributed by atoms with van der Waals surface area (Å²) in [6, 6.07) is 3.50. The summed E-state index contributed by atoms with van der Waals surface area (Å²) in [5.41, 5.74) is 0.763. The molecule has 0 spiro atoms. The molecule has 138 valence electrons. The van der Waals surface area contributed by atoms with Gasteiger partial charge in [0, 0.05) is 17.9 Å². The van der Waals surface area contributed by atoms with Gasteiger partial charge >= 0.3 is 0 Å². The Hall–Kier alpha value is -2.68. The maximum Gasteiger partial charge on any atom is 0.257 e. The fourth-order valence-electron chi connectivity index (χ4n) is 3.11. The highest BCUT2D eigenvalue weighted by molar-refractivity contribution is 7.98. The highest BCUT2D eigenvalue weighted by atomic mass is 32.2. The number of nitrogens with zero attached hydrogens (tertiary/aromatic N) is 1. The molecule has 0 fully saturated rings. The molecular formula is C17H19N3O5S. The van der Waals surface area contributed by atoms with Crippen LogP contribution in [0.1, 0.15) is 23.5 Å². The smallest absolute Gasteiger partial charge is 0.257 e. The predicted molar refractivity (Wildman–Crippen MR) is 97.8 cm³/mol. The molecule has 8 nitrogen and oxygen atoms in total. The number of carbonyl (C=O) groups is 1. The molecule has 0 saturated heterocycles. The molecule has 0 saturated carbocycles. The standard InChI is InChI=1S/C17H19N3O5S/c1-23-10-6-5-8(13(24-2)14(10)25-3)9-7-11(21)18-15-12(9)16(22)20-17(19-15)26-4/h5-6,9H,7H2,1-4H3,(H2,18,19,20,21,22). The monoisotopic (exact) mass is 377 g/mol.